The SMILES string of the molecule is CC/C=C\C/C=C\C/C=C\C/C=C\C/C=C\C/C=C\CCCCCCCCC(=O)NC(COP(=O)([O-])OCC[N+](C)(C)C)C(/C=C\CCCCCCCCCCCC)OC(=O)CC/C=C/C/C=C\CCCCCCCC. The molecule has 3 atom stereocenters. The molecule has 3 unspecified atom stereocenters. The van der Waals surface area contributed by atoms with Gasteiger partial charge in [0.25, 0.3) is 7.82 Å². The Kier molecular flexibility index (Phi) is 52.6. The zero-order valence-electron chi connectivity index (χ0n) is 49.7. The van der Waals surface area contributed by atoms with E-state index in [0.717, 1.165) is 109 Å². The van der Waals surface area contributed by atoms with Crippen LogP contribution in [-0.4, -0.2) is 69.4 Å². The lowest BCUT2D eigenvalue weighted by atomic mass is 10.0. The van der Waals surface area contributed by atoms with Gasteiger partial charge in [0.1, 0.15) is 19.3 Å². The van der Waals surface area contributed by atoms with Crippen LogP contribution in [0.3, 0.4) is 0 Å². The van der Waals surface area contributed by atoms with Crippen LogP contribution in [0, 0.1) is 0 Å². The molecule has 0 aromatic heterocycles. The van der Waals surface area contributed by atoms with Crippen molar-refractivity contribution in [1.29, 1.82) is 0 Å². The van der Waals surface area contributed by atoms with Gasteiger partial charge >= 0.3 is 5.97 Å². The minimum absolute atomic E-state index is 0.0383. The summed E-state index contributed by atoms with van der Waals surface area (Å²) < 4.78 is 30.2. The van der Waals surface area contributed by atoms with Crippen LogP contribution in [-0.2, 0) is 27.9 Å². The van der Waals surface area contributed by atoms with E-state index in [1.807, 2.05) is 33.3 Å². The second kappa shape index (κ2) is 55.0. The van der Waals surface area contributed by atoms with Crippen LogP contribution in [0.4, 0.5) is 0 Å². The minimum Gasteiger partial charge on any atom is -0.756 e. The molecule has 10 heteroatoms. The van der Waals surface area contributed by atoms with E-state index in [2.05, 4.69) is 117 Å². The highest BCUT2D eigenvalue weighted by Gasteiger charge is 2.27. The van der Waals surface area contributed by atoms with Gasteiger partial charge in [-0.3, -0.25) is 14.2 Å². The Balaban J connectivity index is 5.27. The normalized spacial score (nSPS) is 14.5. The Labute approximate surface area is 468 Å². The maximum absolute atomic E-state index is 13.5. The third kappa shape index (κ3) is 55.4. The fourth-order valence-electron chi connectivity index (χ4n) is 8.22. The summed E-state index contributed by atoms with van der Waals surface area (Å²) >= 11 is 0. The van der Waals surface area contributed by atoms with Crippen molar-refractivity contribution in [2.75, 3.05) is 40.9 Å². The summed E-state index contributed by atoms with van der Waals surface area (Å²) in [5.74, 6) is -0.643. The van der Waals surface area contributed by atoms with Crippen molar-refractivity contribution in [3.05, 3.63) is 109 Å². The van der Waals surface area contributed by atoms with Crippen molar-refractivity contribution in [1.82, 2.24) is 5.32 Å². The molecule has 1 N–H and O–H groups in total. The molecule has 1 amide bonds. The van der Waals surface area contributed by atoms with Crippen molar-refractivity contribution < 1.29 is 37.3 Å². The van der Waals surface area contributed by atoms with E-state index < -0.39 is 32.5 Å². The molecule has 0 aromatic rings. The molecular formula is C66H115N2O7P. The summed E-state index contributed by atoms with van der Waals surface area (Å²) in [5.41, 5.74) is 0. The van der Waals surface area contributed by atoms with E-state index in [4.69, 9.17) is 13.8 Å². The first-order chi connectivity index (χ1) is 36.9. The number of nitrogens with zero attached hydrogens (tertiary/aromatic N) is 1. The van der Waals surface area contributed by atoms with E-state index in [1.165, 1.54) is 89.9 Å². The van der Waals surface area contributed by atoms with Crippen molar-refractivity contribution >= 4 is 19.7 Å². The molecule has 0 fully saturated rings. The topological polar surface area (TPSA) is 114 Å². The molecular weight excluding hydrogens is 964 g/mol. The van der Waals surface area contributed by atoms with Gasteiger partial charge in [0, 0.05) is 12.8 Å². The predicted molar refractivity (Wildman–Crippen MR) is 325 cm³/mol. The monoisotopic (exact) mass is 1080 g/mol. The van der Waals surface area contributed by atoms with Crippen LogP contribution in [0.5, 0.6) is 0 Å². The summed E-state index contributed by atoms with van der Waals surface area (Å²) in [7, 11) is 1.13. The van der Waals surface area contributed by atoms with Gasteiger partial charge in [-0.25, -0.2) is 0 Å². The first-order valence-electron chi connectivity index (χ1n) is 30.7. The van der Waals surface area contributed by atoms with Gasteiger partial charge in [0.15, 0.2) is 0 Å². The highest BCUT2D eigenvalue weighted by Crippen LogP contribution is 2.38. The lowest BCUT2D eigenvalue weighted by Gasteiger charge is -2.30. The lowest BCUT2D eigenvalue weighted by molar-refractivity contribution is -0.870. The van der Waals surface area contributed by atoms with Crippen molar-refractivity contribution in [3.63, 3.8) is 0 Å². The number of carbonyl (C=O) groups excluding carboxylic acids is 2. The van der Waals surface area contributed by atoms with Gasteiger partial charge in [-0.05, 0) is 102 Å². The van der Waals surface area contributed by atoms with E-state index in [-0.39, 0.29) is 25.4 Å². The second-order valence-corrected chi connectivity index (χ2v) is 22.9. The number of quaternary nitrogens is 1. The zero-order valence-corrected chi connectivity index (χ0v) is 50.6. The maximum Gasteiger partial charge on any atom is 0.306 e. The van der Waals surface area contributed by atoms with Gasteiger partial charge in [0.2, 0.25) is 5.91 Å². The Morgan fingerprint density at radius 2 is 0.855 bits per heavy atom. The van der Waals surface area contributed by atoms with E-state index >= 15 is 0 Å². The number of likely N-dealkylation sites (N-methyl/N-ethyl adjacent to an activating group) is 1. The standard InChI is InChI=1S/C66H115N2O7P/c1-7-10-13-16-19-22-25-28-29-30-31-32-33-34-35-36-37-38-39-41-43-46-49-52-55-58-65(69)67-63(62-74-76(71,72)73-61-60-68(4,5)6)64(57-54-51-48-45-42-27-24-21-18-15-12-9-3)75-66(70)59-56-53-50-47-44-40-26-23-20-17-14-11-8-2/h10,13,19,22,28-29,31-32,34-35,37-38,40,44,50,53-54,57,63-64H,7-9,11-12,14-18,20-21,23-27,30,33,36,39,41-43,45-49,51-52,55-56,58-62H2,1-6H3,(H-,67,69,71,72)/b13-10-,22-19-,29-28-,32-31-,35-34-,38-37-,44-40-,53-50+,57-54-. The van der Waals surface area contributed by atoms with E-state index in [9.17, 15) is 19.0 Å². The smallest absolute Gasteiger partial charge is 0.306 e. The first kappa shape index (κ1) is 72.7. The molecule has 0 rings (SSSR count). The number of esters is 1. The number of rotatable bonds is 54. The average molecular weight is 1080 g/mol. The minimum atomic E-state index is -4.72. The first-order valence-corrected chi connectivity index (χ1v) is 32.2. The molecule has 0 aliphatic rings. The number of phosphoric acid groups is 1. The van der Waals surface area contributed by atoms with E-state index in [0.29, 0.717) is 23.9 Å². The van der Waals surface area contributed by atoms with E-state index in [1.54, 1.807) is 6.08 Å². The van der Waals surface area contributed by atoms with Crippen molar-refractivity contribution in [3.8, 4) is 0 Å². The Hall–Kier alpha value is -3.33. The van der Waals surface area contributed by atoms with Crippen LogP contribution < -0.4 is 10.2 Å². The molecule has 0 saturated carbocycles. The summed E-state index contributed by atoms with van der Waals surface area (Å²) in [6.07, 6.45) is 75.0. The molecule has 0 spiro atoms. The molecule has 436 valence electrons. The van der Waals surface area contributed by atoms with Crippen LogP contribution >= 0.6 is 7.82 Å². The molecule has 0 heterocycles. The third-order valence-corrected chi connectivity index (χ3v) is 13.9. The molecule has 9 nitrogen and oxygen atoms in total. The molecule has 0 aliphatic carbocycles. The van der Waals surface area contributed by atoms with Gasteiger partial charge in [0.05, 0.1) is 33.8 Å². The quantitative estimate of drug-likeness (QED) is 0.0212. The summed E-state index contributed by atoms with van der Waals surface area (Å²) in [4.78, 5) is 39.9. The Bertz CT molecular complexity index is 1670. The highest BCUT2D eigenvalue weighted by molar-refractivity contribution is 7.45. The van der Waals surface area contributed by atoms with Crippen LogP contribution in [0.1, 0.15) is 245 Å². The number of carbonyl (C=O) groups is 2. The summed E-state index contributed by atoms with van der Waals surface area (Å²) in [6.45, 7) is 6.65. The molecule has 0 bridgehead atoms. The second-order valence-electron chi connectivity index (χ2n) is 21.5. The van der Waals surface area contributed by atoms with Crippen LogP contribution in [0.15, 0.2) is 109 Å². The number of allylic oxidation sites excluding steroid dienone is 17. The Morgan fingerprint density at radius 3 is 1.29 bits per heavy atom. The average Bonchev–Trinajstić information content (AvgIpc) is 3.38. The fourth-order valence-corrected chi connectivity index (χ4v) is 8.95. The zero-order chi connectivity index (χ0) is 55.7. The third-order valence-electron chi connectivity index (χ3n) is 13.0. The highest BCUT2D eigenvalue weighted by atomic mass is 31.2. The molecule has 0 aliphatic heterocycles. The number of amides is 1. The van der Waals surface area contributed by atoms with Crippen molar-refractivity contribution in [2.45, 2.75) is 258 Å². The number of ether oxygens (including phenoxy) is 1. The molecule has 0 aromatic carbocycles. The maximum atomic E-state index is 13.5. The molecule has 0 radical (unpaired) electrons. The summed E-state index contributed by atoms with van der Waals surface area (Å²) in [5, 5.41) is 3.00. The van der Waals surface area contributed by atoms with Crippen molar-refractivity contribution in [2.24, 2.45) is 0 Å². The molecule has 76 heavy (non-hydrogen) atoms. The predicted octanol–water partition coefficient (Wildman–Crippen LogP) is 18.3. The number of unbranched alkanes of at least 4 members (excludes halogenated alkanes) is 22. The number of hydrogen-bond donors (Lipinski definition) is 1. The number of nitrogens with one attached hydrogen (secondary N) is 1. The van der Waals surface area contributed by atoms with Crippen LogP contribution in [0.2, 0.25) is 0 Å². The van der Waals surface area contributed by atoms with Gasteiger partial charge in [-0.1, -0.05) is 240 Å². The van der Waals surface area contributed by atoms with Gasteiger partial charge < -0.3 is 28.5 Å². The summed E-state index contributed by atoms with van der Waals surface area (Å²) in [6, 6.07) is -0.925. The van der Waals surface area contributed by atoms with Crippen LogP contribution in [0.25, 0.3) is 0 Å². The lowest BCUT2D eigenvalue weighted by Crippen LogP contribution is -2.47. The molecule has 0 saturated heterocycles. The fraction of sp³-hybridized carbons (Fsp3) is 0.697. The number of hydrogen-bond acceptors (Lipinski definition) is 7. The van der Waals surface area contributed by atoms with Gasteiger partial charge in [-0.15, -0.1) is 0 Å². The Morgan fingerprint density at radius 1 is 0.474 bits per heavy atom. The largest absolute Gasteiger partial charge is 0.756 e. The van der Waals surface area contributed by atoms with Gasteiger partial charge in [-0.2, -0.15) is 0 Å². The number of phosphoric ester groups is 1.